The van der Waals surface area contributed by atoms with E-state index in [1.165, 1.54) is 22.3 Å². The van der Waals surface area contributed by atoms with E-state index in [-0.39, 0.29) is 18.1 Å². The second-order valence-electron chi connectivity index (χ2n) is 9.69. The lowest BCUT2D eigenvalue weighted by molar-refractivity contribution is -0.139. The van der Waals surface area contributed by atoms with Gasteiger partial charge in [0.15, 0.2) is 0 Å². The van der Waals surface area contributed by atoms with Gasteiger partial charge in [0, 0.05) is 12.1 Å². The molecule has 38 heavy (non-hydrogen) atoms. The number of rotatable bonds is 11. The molecule has 1 aliphatic carbocycles. The highest BCUT2D eigenvalue weighted by Gasteiger charge is 2.23. The third-order valence-electron chi connectivity index (χ3n) is 6.85. The Morgan fingerprint density at radius 2 is 1.71 bits per heavy atom. The number of carboxylic acids is 1. The first-order chi connectivity index (χ1) is 18.4. The summed E-state index contributed by atoms with van der Waals surface area (Å²) in [7, 11) is 0. The van der Waals surface area contributed by atoms with Crippen LogP contribution >= 0.6 is 0 Å². The maximum Gasteiger partial charge on any atom is 0.326 e. The van der Waals surface area contributed by atoms with Gasteiger partial charge >= 0.3 is 5.97 Å². The highest BCUT2D eigenvalue weighted by atomic mass is 16.4. The smallest absolute Gasteiger partial charge is 0.326 e. The zero-order chi connectivity index (χ0) is 26.9. The fraction of sp³-hybridized carbons (Fsp3) is 0.250. The van der Waals surface area contributed by atoms with Gasteiger partial charge in [-0.1, -0.05) is 72.3 Å². The largest absolute Gasteiger partial charge is 0.508 e. The summed E-state index contributed by atoms with van der Waals surface area (Å²) in [5, 5.41) is 25.3. The molecule has 0 aliphatic heterocycles. The topological polar surface area (TPSA) is 98.7 Å². The summed E-state index contributed by atoms with van der Waals surface area (Å²) >= 11 is 0. The number of carboxylic acid groups (broad SMARTS) is 1. The lowest BCUT2D eigenvalue weighted by Gasteiger charge is -2.20. The number of amides is 1. The van der Waals surface area contributed by atoms with Crippen molar-refractivity contribution in [2.75, 3.05) is 6.54 Å². The maximum atomic E-state index is 12.6. The zero-order valence-electron chi connectivity index (χ0n) is 21.6. The summed E-state index contributed by atoms with van der Waals surface area (Å²) in [5.74, 6) is -1.12. The quantitative estimate of drug-likeness (QED) is 0.259. The van der Waals surface area contributed by atoms with Gasteiger partial charge < -0.3 is 20.8 Å². The number of allylic oxidation sites excluding steroid dienone is 3. The summed E-state index contributed by atoms with van der Waals surface area (Å²) in [6, 6.07) is 22.0. The molecule has 0 spiro atoms. The van der Waals surface area contributed by atoms with Crippen LogP contribution < -0.4 is 10.6 Å². The van der Waals surface area contributed by atoms with Crippen LogP contribution in [0.5, 0.6) is 5.75 Å². The number of aromatic hydroxyl groups is 1. The molecule has 6 heteroatoms. The third-order valence-corrected chi connectivity index (χ3v) is 6.85. The molecule has 0 saturated heterocycles. The Morgan fingerprint density at radius 3 is 2.42 bits per heavy atom. The predicted octanol–water partition coefficient (Wildman–Crippen LogP) is 5.41. The SMILES string of the molecule is Cc1ccccc1C(=O)NC(CC1=CC=C(c2cccc(CNCCc3ccc(O)cc3)c2)CC1)C(=O)O. The first-order valence-corrected chi connectivity index (χ1v) is 12.9. The minimum atomic E-state index is -1.03. The maximum absolute atomic E-state index is 12.6. The average Bonchev–Trinajstić information content (AvgIpc) is 2.92. The van der Waals surface area contributed by atoms with Crippen molar-refractivity contribution >= 4 is 17.4 Å². The van der Waals surface area contributed by atoms with Gasteiger partial charge in [0.2, 0.25) is 0 Å². The third kappa shape index (κ3) is 7.43. The lowest BCUT2D eigenvalue weighted by atomic mass is 9.90. The van der Waals surface area contributed by atoms with Crippen molar-refractivity contribution in [2.45, 2.75) is 45.2 Å². The highest BCUT2D eigenvalue weighted by molar-refractivity contribution is 5.97. The first-order valence-electron chi connectivity index (χ1n) is 12.9. The number of hydrogen-bond donors (Lipinski definition) is 4. The Labute approximate surface area is 223 Å². The Kier molecular flexibility index (Phi) is 9.11. The van der Waals surface area contributed by atoms with Crippen LogP contribution in [0.1, 0.15) is 51.9 Å². The molecule has 4 N–H and O–H groups in total. The molecule has 0 aromatic heterocycles. The van der Waals surface area contributed by atoms with Gasteiger partial charge in [-0.3, -0.25) is 4.79 Å². The predicted molar refractivity (Wildman–Crippen MR) is 150 cm³/mol. The number of phenolic OH excluding ortho intramolecular Hbond substituents is 1. The van der Waals surface area contributed by atoms with Crippen LogP contribution in [0.2, 0.25) is 0 Å². The van der Waals surface area contributed by atoms with E-state index in [1.54, 1.807) is 24.3 Å². The van der Waals surface area contributed by atoms with Crippen LogP contribution in [0.3, 0.4) is 0 Å². The van der Waals surface area contributed by atoms with Crippen molar-refractivity contribution in [2.24, 2.45) is 0 Å². The van der Waals surface area contributed by atoms with Crippen LogP contribution in [-0.2, 0) is 17.8 Å². The van der Waals surface area contributed by atoms with E-state index in [0.717, 1.165) is 43.5 Å². The van der Waals surface area contributed by atoms with Gasteiger partial charge in [0.25, 0.3) is 5.91 Å². The molecule has 1 amide bonds. The van der Waals surface area contributed by atoms with E-state index in [0.29, 0.717) is 5.56 Å². The van der Waals surface area contributed by atoms with Crippen molar-refractivity contribution in [1.29, 1.82) is 0 Å². The molecule has 0 radical (unpaired) electrons. The molecule has 3 aromatic carbocycles. The molecular weight excluding hydrogens is 476 g/mol. The zero-order valence-corrected chi connectivity index (χ0v) is 21.6. The molecule has 0 saturated carbocycles. The molecular formula is C32H34N2O4. The molecule has 1 aliphatic rings. The lowest BCUT2D eigenvalue weighted by Crippen LogP contribution is -2.41. The fourth-order valence-corrected chi connectivity index (χ4v) is 4.63. The van der Waals surface area contributed by atoms with E-state index in [1.807, 2.05) is 37.3 Å². The Hall–Kier alpha value is -4.16. The standard InChI is InChI=1S/C32H34N2O4/c1-22-5-2-3-8-29(22)31(36)34-30(32(37)38)20-24-9-13-26(14-10-24)27-7-4-6-25(19-27)21-33-18-17-23-11-15-28(35)16-12-23/h2-9,11-13,15-16,19,30,33,35H,10,14,17-18,20-21H2,1H3,(H,34,36)(H,37,38). The summed E-state index contributed by atoms with van der Waals surface area (Å²) in [5.41, 5.74) is 7.09. The van der Waals surface area contributed by atoms with Crippen molar-refractivity contribution in [3.05, 3.63) is 118 Å². The second-order valence-corrected chi connectivity index (χ2v) is 9.69. The summed E-state index contributed by atoms with van der Waals surface area (Å²) < 4.78 is 0. The van der Waals surface area contributed by atoms with Crippen LogP contribution in [0.25, 0.3) is 5.57 Å². The normalized spacial score (nSPS) is 13.8. The molecule has 0 heterocycles. The summed E-state index contributed by atoms with van der Waals surface area (Å²) in [4.78, 5) is 24.5. The fourth-order valence-electron chi connectivity index (χ4n) is 4.63. The molecule has 0 fully saturated rings. The average molecular weight is 511 g/mol. The van der Waals surface area contributed by atoms with Crippen molar-refractivity contribution in [3.63, 3.8) is 0 Å². The number of phenols is 1. The Bertz CT molecular complexity index is 1340. The number of nitrogens with one attached hydrogen (secondary N) is 2. The minimum absolute atomic E-state index is 0.279. The van der Waals surface area contributed by atoms with Gasteiger partial charge in [-0.15, -0.1) is 0 Å². The Morgan fingerprint density at radius 1 is 0.921 bits per heavy atom. The van der Waals surface area contributed by atoms with E-state index < -0.39 is 12.0 Å². The number of aliphatic carboxylic acids is 1. The number of aryl methyl sites for hydroxylation is 1. The highest BCUT2D eigenvalue weighted by Crippen LogP contribution is 2.29. The van der Waals surface area contributed by atoms with Crippen molar-refractivity contribution in [1.82, 2.24) is 10.6 Å². The molecule has 3 aromatic rings. The Balaban J connectivity index is 1.32. The molecule has 0 bridgehead atoms. The molecule has 4 rings (SSSR count). The van der Waals surface area contributed by atoms with Gasteiger partial charge in [-0.05, 0) is 85.2 Å². The molecule has 1 unspecified atom stereocenters. The number of benzene rings is 3. The van der Waals surface area contributed by atoms with E-state index in [9.17, 15) is 19.8 Å². The minimum Gasteiger partial charge on any atom is -0.508 e. The van der Waals surface area contributed by atoms with Crippen LogP contribution in [-0.4, -0.2) is 34.7 Å². The molecule has 6 nitrogen and oxygen atoms in total. The van der Waals surface area contributed by atoms with E-state index in [2.05, 4.69) is 41.0 Å². The van der Waals surface area contributed by atoms with Crippen LogP contribution in [0, 0.1) is 6.92 Å². The first kappa shape index (κ1) is 26.9. The molecule has 196 valence electrons. The van der Waals surface area contributed by atoms with Crippen molar-refractivity contribution < 1.29 is 19.8 Å². The van der Waals surface area contributed by atoms with Gasteiger partial charge in [-0.2, -0.15) is 0 Å². The van der Waals surface area contributed by atoms with Gasteiger partial charge in [0.05, 0.1) is 0 Å². The van der Waals surface area contributed by atoms with Crippen LogP contribution in [0.15, 0.2) is 90.5 Å². The number of carbonyl (C=O) groups is 2. The summed E-state index contributed by atoms with van der Waals surface area (Å²) in [6.07, 6.45) is 6.81. The summed E-state index contributed by atoms with van der Waals surface area (Å²) in [6.45, 7) is 3.44. The second kappa shape index (κ2) is 12.9. The monoisotopic (exact) mass is 510 g/mol. The van der Waals surface area contributed by atoms with Gasteiger partial charge in [-0.25, -0.2) is 4.79 Å². The van der Waals surface area contributed by atoms with E-state index >= 15 is 0 Å². The number of carbonyl (C=O) groups excluding carboxylic acids is 1. The van der Waals surface area contributed by atoms with Crippen LogP contribution in [0.4, 0.5) is 0 Å². The van der Waals surface area contributed by atoms with Crippen molar-refractivity contribution in [3.8, 4) is 5.75 Å². The van der Waals surface area contributed by atoms with Gasteiger partial charge in [0.1, 0.15) is 11.8 Å². The molecule has 1 atom stereocenters. The van der Waals surface area contributed by atoms with E-state index in [4.69, 9.17) is 0 Å². The number of hydrogen-bond acceptors (Lipinski definition) is 4.